The molecule has 0 spiro atoms. The molecule has 2 rings (SSSR count). The van der Waals surface area contributed by atoms with Gasteiger partial charge in [-0.25, -0.2) is 4.98 Å². The van der Waals surface area contributed by atoms with Crippen molar-refractivity contribution in [2.45, 2.75) is 39.9 Å². The molecule has 1 heterocycles. The van der Waals surface area contributed by atoms with Crippen LogP contribution in [0, 0.1) is 34.6 Å². The smallest absolute Gasteiger partial charge is 0.191 e. The lowest BCUT2D eigenvalue weighted by Gasteiger charge is -2.14. The van der Waals surface area contributed by atoms with Gasteiger partial charge >= 0.3 is 0 Å². The summed E-state index contributed by atoms with van der Waals surface area (Å²) in [7, 11) is 0. The van der Waals surface area contributed by atoms with Crippen LogP contribution in [0.2, 0.25) is 0 Å². The molecule has 2 nitrogen and oxygen atoms in total. The zero-order valence-electron chi connectivity index (χ0n) is 11.5. The normalized spacial score (nSPS) is 11.0. The van der Waals surface area contributed by atoms with Gasteiger partial charge in [0.1, 0.15) is 11.5 Å². The maximum Gasteiger partial charge on any atom is 0.191 e. The van der Waals surface area contributed by atoms with Crippen molar-refractivity contribution < 1.29 is 4.42 Å². The highest BCUT2D eigenvalue weighted by molar-refractivity contribution is 9.08. The van der Waals surface area contributed by atoms with Gasteiger partial charge in [-0.15, -0.1) is 0 Å². The van der Waals surface area contributed by atoms with Gasteiger partial charge in [-0.3, -0.25) is 0 Å². The molecule has 0 N–H and O–H groups in total. The van der Waals surface area contributed by atoms with Crippen LogP contribution >= 0.6 is 15.9 Å². The predicted molar refractivity (Wildman–Crippen MR) is 78.3 cm³/mol. The second kappa shape index (κ2) is 4.88. The maximum atomic E-state index is 5.65. The molecular weight excluding hydrogens is 290 g/mol. The molecule has 0 unspecified atom stereocenters. The molecule has 0 bridgehead atoms. The van der Waals surface area contributed by atoms with Crippen LogP contribution in [0.4, 0.5) is 0 Å². The molecule has 0 aliphatic carbocycles. The van der Waals surface area contributed by atoms with Crippen LogP contribution in [0.3, 0.4) is 0 Å². The first-order valence-corrected chi connectivity index (χ1v) is 7.18. The molecule has 0 saturated carbocycles. The Labute approximate surface area is 117 Å². The molecule has 2 aromatic rings. The number of hydrogen-bond acceptors (Lipinski definition) is 2. The first-order chi connectivity index (χ1) is 8.45. The van der Waals surface area contributed by atoms with Crippen LogP contribution in [0.25, 0.3) is 11.3 Å². The van der Waals surface area contributed by atoms with Crippen LogP contribution in [0.1, 0.15) is 33.9 Å². The molecule has 0 aliphatic heterocycles. The fourth-order valence-electron chi connectivity index (χ4n) is 2.33. The van der Waals surface area contributed by atoms with Crippen molar-refractivity contribution in [1.82, 2.24) is 4.98 Å². The number of hydrogen-bond donors (Lipinski definition) is 0. The van der Waals surface area contributed by atoms with Gasteiger partial charge in [0.25, 0.3) is 0 Å². The van der Waals surface area contributed by atoms with E-state index in [9.17, 15) is 0 Å². The van der Waals surface area contributed by atoms with Crippen LogP contribution < -0.4 is 0 Å². The fourth-order valence-corrected chi connectivity index (χ4v) is 2.71. The van der Waals surface area contributed by atoms with E-state index in [4.69, 9.17) is 4.42 Å². The second-order valence-corrected chi connectivity index (χ2v) is 5.33. The van der Waals surface area contributed by atoms with Crippen molar-refractivity contribution in [3.63, 3.8) is 0 Å². The third-order valence-corrected chi connectivity index (χ3v) is 4.04. The van der Waals surface area contributed by atoms with E-state index in [0.717, 1.165) is 17.3 Å². The molecule has 1 aromatic carbocycles. The van der Waals surface area contributed by atoms with Gasteiger partial charge in [-0.1, -0.05) is 22.0 Å². The molecule has 0 fully saturated rings. The summed E-state index contributed by atoms with van der Waals surface area (Å²) in [5, 5.41) is 0.690. The molecule has 96 valence electrons. The Bertz CT molecular complexity index is 573. The average molecular weight is 308 g/mol. The minimum atomic E-state index is 0.690. The highest BCUT2D eigenvalue weighted by Gasteiger charge is 2.18. The summed E-state index contributed by atoms with van der Waals surface area (Å²) in [6.45, 7) is 10.5. The van der Waals surface area contributed by atoms with Crippen molar-refractivity contribution in [3.05, 3.63) is 40.0 Å². The Balaban J connectivity index is 2.77. The van der Waals surface area contributed by atoms with Gasteiger partial charge in [0.2, 0.25) is 0 Å². The predicted octanol–water partition coefficient (Wildman–Crippen LogP) is 4.78. The fraction of sp³-hybridized carbons (Fsp3) is 0.400. The standard InChI is InChI=1S/C15H18BrNO/c1-8-6-9(2)11(4)14(10(8)3)15-13(7-16)18-12(5)17-15/h6H,7H2,1-5H3. The SMILES string of the molecule is Cc1nc(-c2c(C)c(C)cc(C)c2C)c(CBr)o1. The van der Waals surface area contributed by atoms with Gasteiger partial charge in [-0.2, -0.15) is 0 Å². The van der Waals surface area contributed by atoms with E-state index >= 15 is 0 Å². The third-order valence-electron chi connectivity index (χ3n) is 3.53. The van der Waals surface area contributed by atoms with Gasteiger partial charge in [0.15, 0.2) is 5.89 Å². The lowest BCUT2D eigenvalue weighted by Crippen LogP contribution is -1.97. The van der Waals surface area contributed by atoms with E-state index in [2.05, 4.69) is 54.7 Å². The molecule has 0 aliphatic rings. The Kier molecular flexibility index (Phi) is 3.62. The summed E-state index contributed by atoms with van der Waals surface area (Å²) in [5.41, 5.74) is 7.37. The molecular formula is C15H18BrNO. The van der Waals surface area contributed by atoms with Crippen molar-refractivity contribution in [2.75, 3.05) is 0 Å². The molecule has 3 heteroatoms. The summed E-state index contributed by atoms with van der Waals surface area (Å²) < 4.78 is 5.65. The van der Waals surface area contributed by atoms with Crippen LogP contribution in [-0.2, 0) is 5.33 Å². The molecule has 18 heavy (non-hydrogen) atoms. The summed E-state index contributed by atoms with van der Waals surface area (Å²) in [6, 6.07) is 2.23. The monoisotopic (exact) mass is 307 g/mol. The first kappa shape index (κ1) is 13.3. The average Bonchev–Trinajstić information content (AvgIpc) is 2.68. The summed E-state index contributed by atoms with van der Waals surface area (Å²) in [6.07, 6.45) is 0. The van der Waals surface area contributed by atoms with Crippen molar-refractivity contribution in [1.29, 1.82) is 0 Å². The Morgan fingerprint density at radius 1 is 1.06 bits per heavy atom. The summed E-state index contributed by atoms with van der Waals surface area (Å²) >= 11 is 3.47. The number of halogens is 1. The van der Waals surface area contributed by atoms with Gasteiger partial charge in [0, 0.05) is 12.5 Å². The number of oxazole rings is 1. The van der Waals surface area contributed by atoms with Crippen molar-refractivity contribution in [2.24, 2.45) is 0 Å². The Morgan fingerprint density at radius 2 is 1.61 bits per heavy atom. The van der Waals surface area contributed by atoms with Gasteiger partial charge in [-0.05, 0) is 49.9 Å². The van der Waals surface area contributed by atoms with Crippen LogP contribution in [-0.4, -0.2) is 4.98 Å². The largest absolute Gasteiger partial charge is 0.444 e. The quantitative estimate of drug-likeness (QED) is 0.746. The van der Waals surface area contributed by atoms with Crippen LogP contribution in [0.15, 0.2) is 10.5 Å². The highest BCUT2D eigenvalue weighted by atomic mass is 79.9. The zero-order chi connectivity index (χ0) is 13.4. The Morgan fingerprint density at radius 3 is 2.11 bits per heavy atom. The number of aryl methyl sites for hydroxylation is 3. The van der Waals surface area contributed by atoms with Crippen LogP contribution in [0.5, 0.6) is 0 Å². The number of nitrogens with zero attached hydrogens (tertiary/aromatic N) is 1. The number of alkyl halides is 1. The number of aromatic nitrogens is 1. The minimum absolute atomic E-state index is 0.690. The van der Waals surface area contributed by atoms with Gasteiger partial charge in [0.05, 0.1) is 5.33 Å². The van der Waals surface area contributed by atoms with E-state index in [1.807, 2.05) is 6.92 Å². The first-order valence-electron chi connectivity index (χ1n) is 6.05. The summed E-state index contributed by atoms with van der Waals surface area (Å²) in [5.74, 6) is 1.63. The number of benzene rings is 1. The zero-order valence-corrected chi connectivity index (χ0v) is 13.1. The van der Waals surface area contributed by atoms with E-state index < -0.39 is 0 Å². The molecule has 0 radical (unpaired) electrons. The van der Waals surface area contributed by atoms with Gasteiger partial charge < -0.3 is 4.42 Å². The molecule has 1 aromatic heterocycles. The molecule has 0 saturated heterocycles. The molecule has 0 atom stereocenters. The van der Waals surface area contributed by atoms with Crippen molar-refractivity contribution in [3.8, 4) is 11.3 Å². The Hall–Kier alpha value is -1.09. The lowest BCUT2D eigenvalue weighted by molar-refractivity contribution is 0.492. The maximum absolute atomic E-state index is 5.65. The van der Waals surface area contributed by atoms with E-state index in [1.54, 1.807) is 0 Å². The third kappa shape index (κ3) is 2.12. The second-order valence-electron chi connectivity index (χ2n) is 4.77. The molecule has 0 amide bonds. The lowest BCUT2D eigenvalue weighted by atomic mass is 9.92. The topological polar surface area (TPSA) is 26.0 Å². The van der Waals surface area contributed by atoms with E-state index in [0.29, 0.717) is 5.33 Å². The number of rotatable bonds is 2. The van der Waals surface area contributed by atoms with Crippen molar-refractivity contribution >= 4 is 15.9 Å². The highest BCUT2D eigenvalue weighted by Crippen LogP contribution is 2.34. The van der Waals surface area contributed by atoms with E-state index in [1.165, 1.54) is 27.8 Å². The van der Waals surface area contributed by atoms with E-state index in [-0.39, 0.29) is 0 Å². The summed E-state index contributed by atoms with van der Waals surface area (Å²) in [4.78, 5) is 4.56. The minimum Gasteiger partial charge on any atom is -0.444 e.